The maximum Gasteiger partial charge on any atom is 0.408 e. The number of alkyl halides is 3. The van der Waals surface area contributed by atoms with Crippen LogP contribution >= 0.6 is 0 Å². The lowest BCUT2D eigenvalue weighted by atomic mass is 9.96. The second-order valence-electron chi connectivity index (χ2n) is 7.16. The van der Waals surface area contributed by atoms with Crippen LogP contribution in [0, 0.1) is 19.8 Å². The van der Waals surface area contributed by atoms with E-state index < -0.39 is 12.7 Å². The van der Waals surface area contributed by atoms with Gasteiger partial charge in [0.25, 0.3) is 0 Å². The van der Waals surface area contributed by atoms with Crippen molar-refractivity contribution >= 4 is 0 Å². The molecule has 0 spiro atoms. The molecule has 2 fully saturated rings. The molecule has 0 radical (unpaired) electrons. The first-order valence-electron chi connectivity index (χ1n) is 8.98. The number of rotatable bonds is 4. The summed E-state index contributed by atoms with van der Waals surface area (Å²) >= 11 is 0. The number of hydrogen-bond acceptors (Lipinski definition) is 4. The molecule has 25 heavy (non-hydrogen) atoms. The van der Waals surface area contributed by atoms with Crippen molar-refractivity contribution in [2.75, 3.05) is 39.4 Å². The van der Waals surface area contributed by atoms with Gasteiger partial charge in [0.15, 0.2) is 0 Å². The molecule has 142 valence electrons. The van der Waals surface area contributed by atoms with Crippen LogP contribution in [0.2, 0.25) is 0 Å². The number of aryl methyl sites for hydroxylation is 1. The van der Waals surface area contributed by atoms with Crippen molar-refractivity contribution in [1.29, 1.82) is 0 Å². The molecule has 0 bridgehead atoms. The molecule has 5 nitrogen and oxygen atoms in total. The van der Waals surface area contributed by atoms with E-state index in [2.05, 4.69) is 15.3 Å². The monoisotopic (exact) mass is 360 g/mol. The van der Waals surface area contributed by atoms with E-state index in [1.165, 1.54) is 12.8 Å². The minimum atomic E-state index is -4.27. The van der Waals surface area contributed by atoms with E-state index in [9.17, 15) is 13.2 Å². The van der Waals surface area contributed by atoms with Crippen molar-refractivity contribution in [2.45, 2.75) is 45.5 Å². The number of ether oxygens (including phenoxy) is 1. The molecular weight excluding hydrogens is 333 g/mol. The lowest BCUT2D eigenvalue weighted by Gasteiger charge is -2.39. The van der Waals surface area contributed by atoms with Crippen molar-refractivity contribution < 1.29 is 17.9 Å². The summed E-state index contributed by atoms with van der Waals surface area (Å²) in [7, 11) is 0. The van der Waals surface area contributed by atoms with Crippen LogP contribution in [0.3, 0.4) is 0 Å². The van der Waals surface area contributed by atoms with Gasteiger partial charge in [0, 0.05) is 24.3 Å². The summed E-state index contributed by atoms with van der Waals surface area (Å²) in [5.74, 6) is 0.584. The Morgan fingerprint density at radius 2 is 2.12 bits per heavy atom. The summed E-state index contributed by atoms with van der Waals surface area (Å²) in [6, 6.07) is -0.0161. The van der Waals surface area contributed by atoms with Crippen LogP contribution < -0.4 is 5.32 Å². The Balaban J connectivity index is 1.79. The molecule has 0 saturated carbocycles. The number of nitrogens with one attached hydrogen (secondary N) is 1. The fraction of sp³-hybridized carbons (Fsp3) is 0.824. The SMILES string of the molecule is Cc1nn(CC(F)(F)F)c(C)c1C1COCCN1CC1CCCNC1. The highest BCUT2D eigenvalue weighted by molar-refractivity contribution is 5.29. The van der Waals surface area contributed by atoms with Crippen molar-refractivity contribution in [3.63, 3.8) is 0 Å². The summed E-state index contributed by atoms with van der Waals surface area (Å²) in [6.07, 6.45) is -1.89. The second kappa shape index (κ2) is 7.63. The lowest BCUT2D eigenvalue weighted by molar-refractivity contribution is -0.143. The maximum absolute atomic E-state index is 12.8. The van der Waals surface area contributed by atoms with Crippen LogP contribution in [-0.4, -0.2) is 60.2 Å². The third kappa shape index (κ3) is 4.54. The first kappa shape index (κ1) is 18.7. The Hall–Kier alpha value is -1.12. The van der Waals surface area contributed by atoms with Crippen LogP contribution in [0.4, 0.5) is 13.2 Å². The van der Waals surface area contributed by atoms with E-state index >= 15 is 0 Å². The average Bonchev–Trinajstić information content (AvgIpc) is 2.81. The molecule has 0 aromatic carbocycles. The fourth-order valence-corrected chi connectivity index (χ4v) is 4.05. The van der Waals surface area contributed by atoms with E-state index in [1.54, 1.807) is 13.8 Å². The number of nitrogens with zero attached hydrogens (tertiary/aromatic N) is 3. The standard InChI is InChI=1S/C17H27F3N4O/c1-12-16(13(2)24(22-12)11-17(18,19)20)15-10-25-7-6-23(15)9-14-4-3-5-21-8-14/h14-15,21H,3-11H2,1-2H3. The largest absolute Gasteiger partial charge is 0.408 e. The predicted molar refractivity (Wildman–Crippen MR) is 88.5 cm³/mol. The van der Waals surface area contributed by atoms with E-state index in [1.807, 2.05) is 0 Å². The van der Waals surface area contributed by atoms with Crippen molar-refractivity contribution in [1.82, 2.24) is 20.0 Å². The minimum absolute atomic E-state index is 0.0161. The molecule has 2 saturated heterocycles. The smallest absolute Gasteiger partial charge is 0.378 e. The number of halogens is 3. The first-order chi connectivity index (χ1) is 11.8. The minimum Gasteiger partial charge on any atom is -0.378 e. The Morgan fingerprint density at radius 1 is 1.32 bits per heavy atom. The quantitative estimate of drug-likeness (QED) is 0.896. The van der Waals surface area contributed by atoms with Gasteiger partial charge in [-0.1, -0.05) is 0 Å². The molecule has 3 heterocycles. The molecule has 1 N–H and O–H groups in total. The molecular formula is C17H27F3N4O. The molecule has 0 aliphatic carbocycles. The Morgan fingerprint density at radius 3 is 2.80 bits per heavy atom. The Bertz CT molecular complexity index is 581. The third-order valence-electron chi connectivity index (χ3n) is 5.23. The van der Waals surface area contributed by atoms with Gasteiger partial charge in [0.1, 0.15) is 6.54 Å². The molecule has 2 atom stereocenters. The molecule has 2 aliphatic heterocycles. The summed E-state index contributed by atoms with van der Waals surface area (Å²) in [5, 5.41) is 7.59. The highest BCUT2D eigenvalue weighted by Crippen LogP contribution is 2.31. The predicted octanol–water partition coefficient (Wildman–Crippen LogP) is 2.44. The van der Waals surface area contributed by atoms with Crippen molar-refractivity contribution in [3.05, 3.63) is 17.0 Å². The zero-order valence-corrected chi connectivity index (χ0v) is 14.9. The molecule has 1 aromatic heterocycles. The summed E-state index contributed by atoms with van der Waals surface area (Å²) in [6.45, 7) is 7.51. The van der Waals surface area contributed by atoms with Gasteiger partial charge < -0.3 is 10.1 Å². The number of morpholine rings is 1. The molecule has 2 aliphatic rings. The van der Waals surface area contributed by atoms with Gasteiger partial charge >= 0.3 is 6.18 Å². The fourth-order valence-electron chi connectivity index (χ4n) is 4.05. The Labute approximate surface area is 146 Å². The number of hydrogen-bond donors (Lipinski definition) is 1. The molecule has 2 unspecified atom stereocenters. The van der Waals surface area contributed by atoms with Crippen LogP contribution in [0.15, 0.2) is 0 Å². The van der Waals surface area contributed by atoms with Crippen molar-refractivity contribution in [3.8, 4) is 0 Å². The summed E-state index contributed by atoms with van der Waals surface area (Å²) in [5.41, 5.74) is 2.16. The van der Waals surface area contributed by atoms with Gasteiger partial charge in [-0.2, -0.15) is 18.3 Å². The zero-order valence-electron chi connectivity index (χ0n) is 14.9. The van der Waals surface area contributed by atoms with Gasteiger partial charge in [-0.25, -0.2) is 0 Å². The van der Waals surface area contributed by atoms with Crippen LogP contribution in [0.25, 0.3) is 0 Å². The second-order valence-corrected chi connectivity index (χ2v) is 7.16. The highest BCUT2D eigenvalue weighted by Gasteiger charge is 2.34. The molecule has 8 heteroatoms. The summed E-state index contributed by atoms with van der Waals surface area (Å²) in [4.78, 5) is 2.37. The van der Waals surface area contributed by atoms with Gasteiger partial charge in [0.05, 0.1) is 24.9 Å². The average molecular weight is 360 g/mol. The van der Waals surface area contributed by atoms with Crippen LogP contribution in [0.5, 0.6) is 0 Å². The van der Waals surface area contributed by atoms with Gasteiger partial charge in [-0.15, -0.1) is 0 Å². The molecule has 0 amide bonds. The van der Waals surface area contributed by atoms with Crippen LogP contribution in [-0.2, 0) is 11.3 Å². The van der Waals surface area contributed by atoms with Gasteiger partial charge in [-0.3, -0.25) is 9.58 Å². The van der Waals surface area contributed by atoms with Gasteiger partial charge in [-0.05, 0) is 45.7 Å². The maximum atomic E-state index is 12.8. The van der Waals surface area contributed by atoms with Crippen molar-refractivity contribution in [2.24, 2.45) is 5.92 Å². The topological polar surface area (TPSA) is 42.3 Å². The van der Waals surface area contributed by atoms with E-state index in [4.69, 9.17) is 4.74 Å². The normalized spacial score (nSPS) is 26.1. The van der Waals surface area contributed by atoms with E-state index in [0.29, 0.717) is 30.5 Å². The third-order valence-corrected chi connectivity index (χ3v) is 5.23. The van der Waals surface area contributed by atoms with Gasteiger partial charge in [0.2, 0.25) is 0 Å². The Kier molecular flexibility index (Phi) is 5.70. The van der Waals surface area contributed by atoms with E-state index in [-0.39, 0.29) is 6.04 Å². The zero-order chi connectivity index (χ0) is 18.0. The van der Waals surface area contributed by atoms with Crippen LogP contribution in [0.1, 0.15) is 35.8 Å². The summed E-state index contributed by atoms with van der Waals surface area (Å²) < 4.78 is 45.1. The molecule has 3 rings (SSSR count). The first-order valence-corrected chi connectivity index (χ1v) is 8.98. The molecule has 1 aromatic rings. The number of piperidine rings is 1. The highest BCUT2D eigenvalue weighted by atomic mass is 19.4. The number of aromatic nitrogens is 2. The lowest BCUT2D eigenvalue weighted by Crippen LogP contribution is -2.45. The van der Waals surface area contributed by atoms with E-state index in [0.717, 1.165) is 36.4 Å².